The van der Waals surface area contributed by atoms with Crippen LogP contribution < -0.4 is 5.73 Å². The molecule has 0 saturated carbocycles. The van der Waals surface area contributed by atoms with Crippen molar-refractivity contribution in [2.45, 2.75) is 18.4 Å². The van der Waals surface area contributed by atoms with Gasteiger partial charge in [0.15, 0.2) is 6.10 Å². The third kappa shape index (κ3) is 2.30. The minimum Gasteiger partial charge on any atom is -0.383 e. The molecule has 0 aliphatic heterocycles. The number of halogens is 3. The molecule has 3 nitrogen and oxygen atoms in total. The van der Waals surface area contributed by atoms with Crippen molar-refractivity contribution in [3.63, 3.8) is 0 Å². The third-order valence-electron chi connectivity index (χ3n) is 1.69. The second-order valence-corrected chi connectivity index (χ2v) is 3.44. The first kappa shape index (κ1) is 11.1. The van der Waals surface area contributed by atoms with Gasteiger partial charge in [0.25, 0.3) is 0 Å². The molecular formula is C8H9ClF2N2O. The van der Waals surface area contributed by atoms with Gasteiger partial charge in [-0.05, 0) is 30.2 Å². The highest BCUT2D eigenvalue weighted by atomic mass is 35.5. The van der Waals surface area contributed by atoms with Crippen molar-refractivity contribution in [1.29, 1.82) is 0 Å². The van der Waals surface area contributed by atoms with E-state index in [1.807, 2.05) is 0 Å². The Balaban J connectivity index is 3.12. The quantitative estimate of drug-likeness (QED) is 0.751. The lowest BCUT2D eigenvalue weighted by molar-refractivity contribution is -0.0422. The van der Waals surface area contributed by atoms with E-state index in [0.29, 0.717) is 5.56 Å². The summed E-state index contributed by atoms with van der Waals surface area (Å²) in [6, 6.07) is 1.32. The Labute approximate surface area is 84.5 Å². The van der Waals surface area contributed by atoms with Crippen LogP contribution in [0, 0.1) is 6.92 Å². The van der Waals surface area contributed by atoms with E-state index in [4.69, 9.17) is 10.8 Å². The van der Waals surface area contributed by atoms with Crippen molar-refractivity contribution in [2.75, 3.05) is 5.73 Å². The number of anilines is 1. The van der Waals surface area contributed by atoms with E-state index in [9.17, 15) is 8.78 Å². The van der Waals surface area contributed by atoms with E-state index in [0.717, 1.165) is 0 Å². The Bertz CT molecular complexity index is 341. The van der Waals surface area contributed by atoms with Crippen LogP contribution in [0.1, 0.15) is 17.2 Å². The average Bonchev–Trinajstić information content (AvgIpc) is 2.06. The minimum atomic E-state index is -3.75. The number of hydrogen-bond donors (Lipinski definition) is 2. The molecule has 14 heavy (non-hydrogen) atoms. The number of aromatic nitrogens is 1. The standard InChI is InChI=1S/C8H9ClF2N2O/c1-4-2-5(7(12)13-3-4)6(14)8(9,10)11/h2-3,6,14H,1H3,(H2,12,13). The fraction of sp³-hybridized carbons (Fsp3) is 0.375. The molecule has 0 radical (unpaired) electrons. The second kappa shape index (κ2) is 3.67. The van der Waals surface area contributed by atoms with E-state index < -0.39 is 11.5 Å². The summed E-state index contributed by atoms with van der Waals surface area (Å²) in [6.07, 6.45) is -0.727. The van der Waals surface area contributed by atoms with Gasteiger partial charge in [-0.2, -0.15) is 8.78 Å². The molecular weight excluding hydrogens is 214 g/mol. The number of nitrogens with two attached hydrogens (primary N) is 1. The number of pyridine rings is 1. The van der Waals surface area contributed by atoms with Gasteiger partial charge in [-0.15, -0.1) is 0 Å². The van der Waals surface area contributed by atoms with Gasteiger partial charge in [-0.1, -0.05) is 0 Å². The number of nitrogens with zero attached hydrogens (tertiary/aromatic N) is 1. The normalized spacial score (nSPS) is 14.1. The van der Waals surface area contributed by atoms with Gasteiger partial charge in [0.1, 0.15) is 5.82 Å². The number of aliphatic hydroxyl groups excluding tert-OH is 1. The van der Waals surface area contributed by atoms with Crippen molar-refractivity contribution >= 4 is 17.4 Å². The first-order chi connectivity index (χ1) is 6.32. The first-order valence-electron chi connectivity index (χ1n) is 3.79. The lowest BCUT2D eigenvalue weighted by Gasteiger charge is -2.17. The van der Waals surface area contributed by atoms with Crippen LogP contribution >= 0.6 is 11.6 Å². The van der Waals surface area contributed by atoms with Crippen molar-refractivity contribution in [1.82, 2.24) is 4.98 Å². The molecule has 78 valence electrons. The zero-order valence-electron chi connectivity index (χ0n) is 7.34. The summed E-state index contributed by atoms with van der Waals surface area (Å²) in [7, 11) is 0. The van der Waals surface area contributed by atoms with E-state index in [1.54, 1.807) is 6.92 Å². The summed E-state index contributed by atoms with van der Waals surface area (Å²) in [4.78, 5) is 3.64. The monoisotopic (exact) mass is 222 g/mol. The molecule has 6 heteroatoms. The summed E-state index contributed by atoms with van der Waals surface area (Å²) in [5, 5.41) is 5.41. The molecule has 1 atom stereocenters. The topological polar surface area (TPSA) is 59.1 Å². The highest BCUT2D eigenvalue weighted by molar-refractivity contribution is 6.22. The SMILES string of the molecule is Cc1cnc(N)c(C(O)C(F)(F)Cl)c1. The molecule has 0 bridgehead atoms. The lowest BCUT2D eigenvalue weighted by atomic mass is 10.1. The van der Waals surface area contributed by atoms with Crippen molar-refractivity contribution < 1.29 is 13.9 Å². The maximum absolute atomic E-state index is 12.5. The number of hydrogen-bond acceptors (Lipinski definition) is 3. The molecule has 1 heterocycles. The molecule has 0 fully saturated rings. The molecule has 0 saturated heterocycles. The molecule has 1 aromatic heterocycles. The number of nitrogen functional groups attached to an aromatic ring is 1. The van der Waals surface area contributed by atoms with Gasteiger partial charge >= 0.3 is 5.38 Å². The van der Waals surface area contributed by atoms with Crippen molar-refractivity contribution in [3.05, 3.63) is 23.4 Å². The van der Waals surface area contributed by atoms with E-state index in [1.165, 1.54) is 12.3 Å². The Morgan fingerprint density at radius 3 is 2.71 bits per heavy atom. The van der Waals surface area contributed by atoms with Crippen LogP contribution in [0.3, 0.4) is 0 Å². The molecule has 0 amide bonds. The molecule has 0 aromatic carbocycles. The first-order valence-corrected chi connectivity index (χ1v) is 4.17. The van der Waals surface area contributed by atoms with Crippen molar-refractivity contribution in [2.24, 2.45) is 0 Å². The number of aliphatic hydroxyl groups is 1. The summed E-state index contributed by atoms with van der Waals surface area (Å²) in [6.45, 7) is 1.65. The average molecular weight is 223 g/mol. The largest absolute Gasteiger partial charge is 0.383 e. The Morgan fingerprint density at radius 2 is 2.21 bits per heavy atom. The maximum Gasteiger partial charge on any atom is 0.351 e. The Morgan fingerprint density at radius 1 is 1.64 bits per heavy atom. The highest BCUT2D eigenvalue weighted by Gasteiger charge is 2.38. The summed E-state index contributed by atoms with van der Waals surface area (Å²) >= 11 is 4.68. The van der Waals surface area contributed by atoms with E-state index >= 15 is 0 Å². The van der Waals surface area contributed by atoms with Crippen LogP contribution in [-0.2, 0) is 0 Å². The maximum atomic E-state index is 12.5. The molecule has 1 rings (SSSR count). The van der Waals surface area contributed by atoms with Crippen LogP contribution in [0.5, 0.6) is 0 Å². The Hall–Kier alpha value is -0.940. The van der Waals surface area contributed by atoms with Gasteiger partial charge in [0, 0.05) is 11.8 Å². The summed E-state index contributed by atoms with van der Waals surface area (Å²) in [5.74, 6) is -0.150. The second-order valence-electron chi connectivity index (χ2n) is 2.93. The fourth-order valence-electron chi connectivity index (χ4n) is 0.998. The summed E-state index contributed by atoms with van der Waals surface area (Å²) < 4.78 is 25.1. The van der Waals surface area contributed by atoms with Gasteiger partial charge in [-0.25, -0.2) is 4.98 Å². The molecule has 0 aliphatic rings. The molecule has 1 aromatic rings. The molecule has 0 aliphatic carbocycles. The zero-order chi connectivity index (χ0) is 10.9. The molecule has 3 N–H and O–H groups in total. The van der Waals surface area contributed by atoms with E-state index in [-0.39, 0.29) is 11.4 Å². The zero-order valence-corrected chi connectivity index (χ0v) is 8.09. The predicted molar refractivity (Wildman–Crippen MR) is 49.1 cm³/mol. The third-order valence-corrected chi connectivity index (χ3v) is 1.90. The molecule has 0 spiro atoms. The highest BCUT2D eigenvalue weighted by Crippen LogP contribution is 2.36. The van der Waals surface area contributed by atoms with Crippen LogP contribution in [-0.4, -0.2) is 15.5 Å². The van der Waals surface area contributed by atoms with Crippen LogP contribution in [0.2, 0.25) is 0 Å². The van der Waals surface area contributed by atoms with Crippen LogP contribution in [0.25, 0.3) is 0 Å². The van der Waals surface area contributed by atoms with Gasteiger partial charge in [0.2, 0.25) is 0 Å². The van der Waals surface area contributed by atoms with Crippen molar-refractivity contribution in [3.8, 4) is 0 Å². The smallest absolute Gasteiger partial charge is 0.351 e. The summed E-state index contributed by atoms with van der Waals surface area (Å²) in [5.41, 5.74) is 5.78. The number of alkyl halides is 3. The predicted octanol–water partition coefficient (Wildman–Crippen LogP) is 1.84. The fourth-order valence-corrected chi connectivity index (χ4v) is 1.12. The van der Waals surface area contributed by atoms with Gasteiger partial charge in [0.05, 0.1) is 0 Å². The van der Waals surface area contributed by atoms with Crippen LogP contribution in [0.15, 0.2) is 12.3 Å². The van der Waals surface area contributed by atoms with Gasteiger partial charge in [-0.3, -0.25) is 0 Å². The minimum absolute atomic E-state index is 0.150. The molecule has 1 unspecified atom stereocenters. The van der Waals surface area contributed by atoms with E-state index in [2.05, 4.69) is 16.6 Å². The lowest BCUT2D eigenvalue weighted by Crippen LogP contribution is -2.20. The number of rotatable bonds is 2. The van der Waals surface area contributed by atoms with Crippen LogP contribution in [0.4, 0.5) is 14.6 Å². The Kier molecular flexibility index (Phi) is 2.92. The van der Waals surface area contributed by atoms with Gasteiger partial charge < -0.3 is 10.8 Å². The number of aryl methyl sites for hydroxylation is 1.